The summed E-state index contributed by atoms with van der Waals surface area (Å²) in [6, 6.07) is 0. The molecule has 1 N–H and O–H groups in total. The van der Waals surface area contributed by atoms with E-state index >= 15 is 0 Å². The molecular formula is C13H25N3O. The molecule has 1 heterocycles. The molecule has 1 aromatic rings. The van der Waals surface area contributed by atoms with E-state index in [1.807, 2.05) is 10.9 Å². The molecule has 4 nitrogen and oxygen atoms in total. The molecule has 0 aliphatic heterocycles. The summed E-state index contributed by atoms with van der Waals surface area (Å²) >= 11 is 0. The molecule has 0 saturated heterocycles. The van der Waals surface area contributed by atoms with Gasteiger partial charge in [-0.25, -0.2) is 0 Å². The van der Waals surface area contributed by atoms with Crippen LogP contribution in [-0.4, -0.2) is 39.4 Å². The number of aryl methyl sites for hydroxylation is 1. The number of aliphatic hydroxyl groups is 1. The molecule has 0 aliphatic rings. The van der Waals surface area contributed by atoms with Gasteiger partial charge in [0.2, 0.25) is 0 Å². The summed E-state index contributed by atoms with van der Waals surface area (Å²) in [7, 11) is 0. The van der Waals surface area contributed by atoms with E-state index in [1.165, 1.54) is 0 Å². The van der Waals surface area contributed by atoms with Crippen LogP contribution in [0.4, 0.5) is 0 Å². The Morgan fingerprint density at radius 2 is 2.06 bits per heavy atom. The van der Waals surface area contributed by atoms with E-state index in [-0.39, 0.29) is 6.10 Å². The van der Waals surface area contributed by atoms with Gasteiger partial charge >= 0.3 is 0 Å². The predicted molar refractivity (Wildman–Crippen MR) is 69.9 cm³/mol. The molecule has 0 saturated carbocycles. The molecule has 1 rings (SSSR count). The minimum absolute atomic E-state index is 0.388. The van der Waals surface area contributed by atoms with E-state index in [0.717, 1.165) is 44.6 Å². The molecule has 0 aliphatic carbocycles. The predicted octanol–water partition coefficient (Wildman–Crippen LogP) is 2.06. The molecule has 98 valence electrons. The molecule has 1 aromatic heterocycles. The summed E-state index contributed by atoms with van der Waals surface area (Å²) in [6.45, 7) is 10.4. The van der Waals surface area contributed by atoms with Crippen molar-refractivity contribution in [2.24, 2.45) is 0 Å². The quantitative estimate of drug-likeness (QED) is 0.755. The zero-order valence-electron chi connectivity index (χ0n) is 11.3. The first-order valence-electron chi connectivity index (χ1n) is 6.64. The molecule has 0 fully saturated rings. The van der Waals surface area contributed by atoms with Gasteiger partial charge in [0.1, 0.15) is 0 Å². The Balaban J connectivity index is 2.42. The average molecular weight is 239 g/mol. The average Bonchev–Trinajstić information content (AvgIpc) is 2.79. The van der Waals surface area contributed by atoms with Crippen LogP contribution in [-0.2, 0) is 6.54 Å². The molecule has 0 bridgehead atoms. The van der Waals surface area contributed by atoms with Crippen molar-refractivity contribution in [2.45, 2.75) is 46.3 Å². The van der Waals surface area contributed by atoms with Gasteiger partial charge in [-0.15, -0.1) is 0 Å². The van der Waals surface area contributed by atoms with Crippen molar-refractivity contribution >= 4 is 0 Å². The monoisotopic (exact) mass is 239 g/mol. The fourth-order valence-corrected chi connectivity index (χ4v) is 1.91. The van der Waals surface area contributed by atoms with Gasteiger partial charge in [0.05, 0.1) is 12.3 Å². The minimum Gasteiger partial charge on any atom is -0.388 e. The Bertz CT molecular complexity index is 307. The molecule has 17 heavy (non-hydrogen) atoms. The van der Waals surface area contributed by atoms with Crippen LogP contribution in [0.15, 0.2) is 12.4 Å². The van der Waals surface area contributed by atoms with Crippen LogP contribution in [0, 0.1) is 0 Å². The van der Waals surface area contributed by atoms with Crippen molar-refractivity contribution in [3.05, 3.63) is 18.0 Å². The van der Waals surface area contributed by atoms with E-state index < -0.39 is 0 Å². The first-order chi connectivity index (χ1) is 8.21. The van der Waals surface area contributed by atoms with Gasteiger partial charge in [-0.1, -0.05) is 20.8 Å². The molecule has 1 unspecified atom stereocenters. The Morgan fingerprint density at radius 3 is 2.65 bits per heavy atom. The third-order valence-electron chi connectivity index (χ3n) is 3.10. The highest BCUT2D eigenvalue weighted by atomic mass is 16.3. The summed E-state index contributed by atoms with van der Waals surface area (Å²) in [5, 5.41) is 14.3. The summed E-state index contributed by atoms with van der Waals surface area (Å²) in [5.74, 6) is 0. The molecule has 0 radical (unpaired) electrons. The van der Waals surface area contributed by atoms with Crippen molar-refractivity contribution in [3.63, 3.8) is 0 Å². The number of aromatic nitrogens is 2. The van der Waals surface area contributed by atoms with Crippen LogP contribution < -0.4 is 0 Å². The second-order valence-corrected chi connectivity index (χ2v) is 4.37. The lowest BCUT2D eigenvalue weighted by molar-refractivity contribution is 0.145. The van der Waals surface area contributed by atoms with E-state index in [0.29, 0.717) is 0 Å². The fraction of sp³-hybridized carbons (Fsp3) is 0.769. The van der Waals surface area contributed by atoms with Gasteiger partial charge in [0.15, 0.2) is 0 Å². The number of aliphatic hydroxyl groups excluding tert-OH is 1. The Hall–Kier alpha value is -0.870. The molecule has 0 spiro atoms. The molecule has 1 atom stereocenters. The topological polar surface area (TPSA) is 41.3 Å². The van der Waals surface area contributed by atoms with Gasteiger partial charge in [-0.2, -0.15) is 5.10 Å². The van der Waals surface area contributed by atoms with Crippen LogP contribution in [0.5, 0.6) is 0 Å². The lowest BCUT2D eigenvalue weighted by Crippen LogP contribution is -2.25. The van der Waals surface area contributed by atoms with Crippen LogP contribution in [0.25, 0.3) is 0 Å². The molecule has 0 aromatic carbocycles. The normalized spacial score (nSPS) is 13.2. The fourth-order valence-electron chi connectivity index (χ4n) is 1.91. The van der Waals surface area contributed by atoms with E-state index in [1.54, 1.807) is 6.20 Å². The van der Waals surface area contributed by atoms with Crippen molar-refractivity contribution in [1.29, 1.82) is 0 Å². The van der Waals surface area contributed by atoms with Crippen molar-refractivity contribution in [3.8, 4) is 0 Å². The van der Waals surface area contributed by atoms with Gasteiger partial charge < -0.3 is 10.0 Å². The highest BCUT2D eigenvalue weighted by Gasteiger charge is 2.11. The summed E-state index contributed by atoms with van der Waals surface area (Å²) in [6.07, 6.45) is 5.19. The van der Waals surface area contributed by atoms with Crippen LogP contribution in [0.2, 0.25) is 0 Å². The van der Waals surface area contributed by atoms with Crippen molar-refractivity contribution in [1.82, 2.24) is 14.7 Å². The second kappa shape index (κ2) is 7.45. The van der Waals surface area contributed by atoms with E-state index in [4.69, 9.17) is 0 Å². The third-order valence-corrected chi connectivity index (χ3v) is 3.10. The first kappa shape index (κ1) is 14.2. The third kappa shape index (κ3) is 4.48. The van der Waals surface area contributed by atoms with Crippen LogP contribution in [0.1, 0.15) is 45.3 Å². The van der Waals surface area contributed by atoms with Crippen molar-refractivity contribution < 1.29 is 5.11 Å². The maximum absolute atomic E-state index is 10.1. The number of hydrogen-bond acceptors (Lipinski definition) is 3. The Kier molecular flexibility index (Phi) is 6.22. The zero-order valence-corrected chi connectivity index (χ0v) is 11.3. The van der Waals surface area contributed by atoms with Gasteiger partial charge in [0.25, 0.3) is 0 Å². The smallest absolute Gasteiger partial charge is 0.0832 e. The lowest BCUT2D eigenvalue weighted by Gasteiger charge is -2.19. The second-order valence-electron chi connectivity index (χ2n) is 4.37. The highest BCUT2D eigenvalue weighted by Crippen LogP contribution is 2.16. The zero-order chi connectivity index (χ0) is 12.7. The number of hydrogen-bond donors (Lipinski definition) is 1. The maximum Gasteiger partial charge on any atom is 0.0832 e. The van der Waals surface area contributed by atoms with Gasteiger partial charge in [-0.05, 0) is 25.9 Å². The lowest BCUT2D eigenvalue weighted by atomic mass is 10.1. The maximum atomic E-state index is 10.1. The minimum atomic E-state index is -0.388. The highest BCUT2D eigenvalue weighted by molar-refractivity contribution is 5.07. The summed E-state index contributed by atoms with van der Waals surface area (Å²) in [4.78, 5) is 2.32. The number of rotatable bonds is 8. The van der Waals surface area contributed by atoms with Crippen molar-refractivity contribution in [2.75, 3.05) is 19.6 Å². The van der Waals surface area contributed by atoms with Crippen LogP contribution in [0.3, 0.4) is 0 Å². The SMILES string of the molecule is CCCn1cc(C(O)CCN(CC)CC)cn1. The van der Waals surface area contributed by atoms with E-state index in [9.17, 15) is 5.11 Å². The first-order valence-corrected chi connectivity index (χ1v) is 6.64. The summed E-state index contributed by atoms with van der Waals surface area (Å²) < 4.78 is 1.90. The standard InChI is InChI=1S/C13H25N3O/c1-4-8-16-11-12(10-14-16)13(17)7-9-15(5-2)6-3/h10-11,13,17H,4-9H2,1-3H3. The number of nitrogens with zero attached hydrogens (tertiary/aromatic N) is 3. The molecular weight excluding hydrogens is 214 g/mol. The van der Waals surface area contributed by atoms with Gasteiger partial charge in [0, 0.05) is 24.8 Å². The molecule has 4 heteroatoms. The Morgan fingerprint density at radius 1 is 1.35 bits per heavy atom. The van der Waals surface area contributed by atoms with E-state index in [2.05, 4.69) is 30.8 Å². The summed E-state index contributed by atoms with van der Waals surface area (Å²) in [5.41, 5.74) is 0.936. The molecule has 0 amide bonds. The Labute approximate surface area is 104 Å². The van der Waals surface area contributed by atoms with Crippen LogP contribution >= 0.6 is 0 Å². The largest absolute Gasteiger partial charge is 0.388 e. The van der Waals surface area contributed by atoms with Gasteiger partial charge in [-0.3, -0.25) is 4.68 Å².